The molecule has 1 aliphatic heterocycles. The second-order valence-corrected chi connectivity index (χ2v) is 6.46. The van der Waals surface area contributed by atoms with Crippen LogP contribution in [0.3, 0.4) is 0 Å². The van der Waals surface area contributed by atoms with Gasteiger partial charge in [-0.15, -0.1) is 0 Å². The zero-order chi connectivity index (χ0) is 12.4. The molecular weight excluding hydrogens is 282 g/mol. The maximum atomic E-state index is 11.4. The number of methoxy groups -OCH3 is 1. The number of ether oxygens (including phenoxy) is 2. The van der Waals surface area contributed by atoms with Crippen molar-refractivity contribution in [2.24, 2.45) is 0 Å². The Morgan fingerprint density at radius 1 is 1.71 bits per heavy atom. The second-order valence-electron chi connectivity index (χ2n) is 3.61. The van der Waals surface area contributed by atoms with Crippen LogP contribution in [0.1, 0.15) is 23.0 Å². The van der Waals surface area contributed by atoms with Crippen LogP contribution >= 0.6 is 34.7 Å². The van der Waals surface area contributed by atoms with Gasteiger partial charge in [0.25, 0.3) is 0 Å². The van der Waals surface area contributed by atoms with E-state index in [0.717, 1.165) is 17.4 Å². The molecule has 7 heteroatoms. The molecule has 94 valence electrons. The highest BCUT2D eigenvalue weighted by Gasteiger charge is 2.27. The van der Waals surface area contributed by atoms with E-state index in [1.54, 1.807) is 11.8 Å². The molecule has 0 N–H and O–H groups in total. The lowest BCUT2D eigenvalue weighted by molar-refractivity contribution is 0.0606. The molecule has 0 bridgehead atoms. The zero-order valence-electron chi connectivity index (χ0n) is 9.44. The average Bonchev–Trinajstić information content (AvgIpc) is 2.86. The van der Waals surface area contributed by atoms with Crippen molar-refractivity contribution >= 4 is 40.7 Å². The minimum absolute atomic E-state index is 0.212. The highest BCUT2D eigenvalue weighted by atomic mass is 35.5. The highest BCUT2D eigenvalue weighted by Crippen LogP contribution is 2.37. The largest absolute Gasteiger partial charge is 0.465 e. The summed E-state index contributed by atoms with van der Waals surface area (Å²) in [5, 5.41) is 0.596. The lowest BCUT2D eigenvalue weighted by atomic mass is 10.3. The van der Waals surface area contributed by atoms with Crippen LogP contribution in [0, 0.1) is 0 Å². The van der Waals surface area contributed by atoms with Crippen molar-refractivity contribution in [2.75, 3.05) is 13.7 Å². The van der Waals surface area contributed by atoms with E-state index in [0.29, 0.717) is 10.1 Å². The standard InChI is InChI=1S/C10H12ClNO3S2/c1-5-6(3-4-15-5)16-10-12-8(11)7(17-10)9(13)14-2/h5-6H,3-4H2,1-2H3. The lowest BCUT2D eigenvalue weighted by Gasteiger charge is -2.10. The van der Waals surface area contributed by atoms with Gasteiger partial charge in [0.2, 0.25) is 0 Å². The molecular formula is C10H12ClNO3S2. The maximum absolute atomic E-state index is 11.4. The van der Waals surface area contributed by atoms with E-state index in [-0.39, 0.29) is 11.3 Å². The summed E-state index contributed by atoms with van der Waals surface area (Å²) in [7, 11) is 1.33. The quantitative estimate of drug-likeness (QED) is 0.802. The number of thioether (sulfide) groups is 1. The molecule has 1 fully saturated rings. The summed E-state index contributed by atoms with van der Waals surface area (Å²) in [6.45, 7) is 2.82. The summed E-state index contributed by atoms with van der Waals surface area (Å²) in [6, 6.07) is 0. The van der Waals surface area contributed by atoms with E-state index in [9.17, 15) is 4.79 Å². The number of hydrogen-bond donors (Lipinski definition) is 0. The van der Waals surface area contributed by atoms with Gasteiger partial charge >= 0.3 is 5.97 Å². The normalized spacial score (nSPS) is 23.9. The number of rotatable bonds is 3. The van der Waals surface area contributed by atoms with Crippen molar-refractivity contribution in [2.45, 2.75) is 29.0 Å². The number of halogens is 1. The molecule has 2 unspecified atom stereocenters. The molecule has 4 nitrogen and oxygen atoms in total. The molecule has 2 rings (SSSR count). The van der Waals surface area contributed by atoms with E-state index < -0.39 is 5.97 Å². The fourth-order valence-corrected chi connectivity index (χ4v) is 4.23. The Morgan fingerprint density at radius 2 is 2.47 bits per heavy atom. The molecule has 0 spiro atoms. The SMILES string of the molecule is COC(=O)c1sc(SC2CCOC2C)nc1Cl. The van der Waals surface area contributed by atoms with Crippen molar-refractivity contribution in [1.82, 2.24) is 4.98 Å². The predicted octanol–water partition coefficient (Wildman–Crippen LogP) is 2.85. The predicted molar refractivity (Wildman–Crippen MR) is 68.1 cm³/mol. The van der Waals surface area contributed by atoms with Crippen LogP contribution in [-0.4, -0.2) is 36.0 Å². The van der Waals surface area contributed by atoms with Crippen molar-refractivity contribution < 1.29 is 14.3 Å². The van der Waals surface area contributed by atoms with Crippen LogP contribution in [-0.2, 0) is 9.47 Å². The first-order valence-corrected chi connectivity index (χ1v) is 7.22. The fourth-order valence-electron chi connectivity index (χ4n) is 1.55. The topological polar surface area (TPSA) is 48.4 Å². The molecule has 1 saturated heterocycles. The first-order chi connectivity index (χ1) is 8.11. The Morgan fingerprint density at radius 3 is 3.06 bits per heavy atom. The third-order valence-corrected chi connectivity index (χ3v) is 5.46. The number of carbonyl (C=O) groups is 1. The van der Waals surface area contributed by atoms with Crippen LogP contribution < -0.4 is 0 Å². The Balaban J connectivity index is 2.09. The van der Waals surface area contributed by atoms with Gasteiger partial charge < -0.3 is 9.47 Å². The molecule has 1 aromatic heterocycles. The van der Waals surface area contributed by atoms with Crippen LogP contribution in [0.2, 0.25) is 5.15 Å². The summed E-state index contributed by atoms with van der Waals surface area (Å²) < 4.78 is 10.9. The average molecular weight is 294 g/mol. The van der Waals surface area contributed by atoms with E-state index in [1.165, 1.54) is 18.4 Å². The van der Waals surface area contributed by atoms with E-state index >= 15 is 0 Å². The monoisotopic (exact) mass is 293 g/mol. The molecule has 2 atom stereocenters. The fraction of sp³-hybridized carbons (Fsp3) is 0.600. The molecule has 0 aromatic carbocycles. The summed E-state index contributed by atoms with van der Waals surface area (Å²) in [5.41, 5.74) is 0. The van der Waals surface area contributed by atoms with Gasteiger partial charge in [0, 0.05) is 11.9 Å². The summed E-state index contributed by atoms with van der Waals surface area (Å²) in [5.74, 6) is -0.435. The minimum Gasteiger partial charge on any atom is -0.465 e. The maximum Gasteiger partial charge on any atom is 0.351 e. The summed E-state index contributed by atoms with van der Waals surface area (Å²) in [6.07, 6.45) is 1.21. The molecule has 0 amide bonds. The van der Waals surface area contributed by atoms with Gasteiger partial charge in [-0.3, -0.25) is 0 Å². The Bertz CT molecular complexity index is 424. The van der Waals surface area contributed by atoms with Crippen LogP contribution in [0.15, 0.2) is 4.34 Å². The van der Waals surface area contributed by atoms with Gasteiger partial charge in [-0.25, -0.2) is 9.78 Å². The first-order valence-electron chi connectivity index (χ1n) is 5.14. The first kappa shape index (κ1) is 13.1. The second kappa shape index (κ2) is 5.56. The zero-order valence-corrected chi connectivity index (χ0v) is 11.8. The molecule has 17 heavy (non-hydrogen) atoms. The van der Waals surface area contributed by atoms with Crippen LogP contribution in [0.4, 0.5) is 0 Å². The minimum atomic E-state index is -0.435. The number of nitrogens with zero attached hydrogens (tertiary/aromatic N) is 1. The Labute approximate surface area is 113 Å². The van der Waals surface area contributed by atoms with Gasteiger partial charge in [-0.2, -0.15) is 0 Å². The number of aromatic nitrogens is 1. The van der Waals surface area contributed by atoms with Gasteiger partial charge in [0.05, 0.1) is 13.2 Å². The Hall–Kier alpha value is -0.300. The number of thiazole rings is 1. The Kier molecular flexibility index (Phi) is 4.30. The van der Waals surface area contributed by atoms with Gasteiger partial charge in [0.15, 0.2) is 14.4 Å². The number of carbonyl (C=O) groups excluding carboxylic acids is 1. The van der Waals surface area contributed by atoms with Crippen molar-refractivity contribution in [3.63, 3.8) is 0 Å². The van der Waals surface area contributed by atoms with Crippen LogP contribution in [0.25, 0.3) is 0 Å². The van der Waals surface area contributed by atoms with Crippen molar-refractivity contribution in [1.29, 1.82) is 0 Å². The molecule has 0 saturated carbocycles. The van der Waals surface area contributed by atoms with Crippen molar-refractivity contribution in [3.05, 3.63) is 10.0 Å². The molecule has 1 aromatic rings. The van der Waals surface area contributed by atoms with Crippen LogP contribution in [0.5, 0.6) is 0 Å². The molecule has 0 radical (unpaired) electrons. The van der Waals surface area contributed by atoms with Gasteiger partial charge in [-0.05, 0) is 13.3 Å². The van der Waals surface area contributed by atoms with E-state index in [4.69, 9.17) is 16.3 Å². The lowest BCUT2D eigenvalue weighted by Crippen LogP contribution is -2.12. The molecule has 2 heterocycles. The van der Waals surface area contributed by atoms with E-state index in [2.05, 4.69) is 9.72 Å². The van der Waals surface area contributed by atoms with E-state index in [1.807, 2.05) is 6.92 Å². The number of hydrogen-bond acceptors (Lipinski definition) is 6. The highest BCUT2D eigenvalue weighted by molar-refractivity contribution is 8.01. The summed E-state index contributed by atoms with van der Waals surface area (Å²) in [4.78, 5) is 15.9. The third kappa shape index (κ3) is 2.93. The van der Waals surface area contributed by atoms with Gasteiger partial charge in [0.1, 0.15) is 0 Å². The third-order valence-electron chi connectivity index (χ3n) is 2.50. The summed E-state index contributed by atoms with van der Waals surface area (Å²) >= 11 is 8.78. The number of esters is 1. The van der Waals surface area contributed by atoms with Gasteiger partial charge in [-0.1, -0.05) is 34.7 Å². The smallest absolute Gasteiger partial charge is 0.351 e. The molecule has 0 aliphatic carbocycles. The van der Waals surface area contributed by atoms with Crippen molar-refractivity contribution in [3.8, 4) is 0 Å². The molecule has 1 aliphatic rings.